The van der Waals surface area contributed by atoms with Crippen LogP contribution in [0.1, 0.15) is 18.9 Å². The van der Waals surface area contributed by atoms with Crippen LogP contribution in [0.2, 0.25) is 0 Å². The molecule has 5 heteroatoms. The lowest BCUT2D eigenvalue weighted by molar-refractivity contribution is 0.216. The highest BCUT2D eigenvalue weighted by Gasteiger charge is 2.22. The van der Waals surface area contributed by atoms with Gasteiger partial charge in [-0.05, 0) is 44.6 Å². The fraction of sp³-hybridized carbons (Fsp3) is 0.462. The van der Waals surface area contributed by atoms with E-state index in [4.69, 9.17) is 5.73 Å². The van der Waals surface area contributed by atoms with Crippen molar-refractivity contribution < 1.29 is 0 Å². The number of fused-ring (bicyclic) bond motifs is 1. The SMILES string of the molecule is CN1CCCC(n2c(N)nc3ccc(Br)cc32)C1. The van der Waals surface area contributed by atoms with Gasteiger partial charge in [-0.1, -0.05) is 15.9 Å². The fourth-order valence-corrected chi connectivity index (χ4v) is 3.17. The van der Waals surface area contributed by atoms with Gasteiger partial charge in [0.2, 0.25) is 5.95 Å². The first-order valence-electron chi connectivity index (χ1n) is 6.26. The molecule has 1 aliphatic heterocycles. The number of hydrogen-bond acceptors (Lipinski definition) is 3. The number of nitrogen functional groups attached to an aromatic ring is 1. The van der Waals surface area contributed by atoms with Crippen molar-refractivity contribution in [1.82, 2.24) is 14.5 Å². The number of halogens is 1. The van der Waals surface area contributed by atoms with Gasteiger partial charge in [-0.3, -0.25) is 0 Å². The van der Waals surface area contributed by atoms with Crippen molar-refractivity contribution >= 4 is 32.9 Å². The number of hydrogen-bond donors (Lipinski definition) is 1. The molecule has 1 atom stereocenters. The van der Waals surface area contributed by atoms with Crippen LogP contribution in [0, 0.1) is 0 Å². The molecule has 18 heavy (non-hydrogen) atoms. The van der Waals surface area contributed by atoms with Crippen LogP contribution >= 0.6 is 15.9 Å². The van der Waals surface area contributed by atoms with Crippen molar-refractivity contribution in [2.45, 2.75) is 18.9 Å². The Balaban J connectivity index is 2.09. The summed E-state index contributed by atoms with van der Waals surface area (Å²) in [4.78, 5) is 6.81. The number of benzene rings is 1. The number of imidazole rings is 1. The molecule has 1 saturated heterocycles. The zero-order valence-corrected chi connectivity index (χ0v) is 12.0. The van der Waals surface area contributed by atoms with Crippen LogP contribution in [-0.2, 0) is 0 Å². The average molecular weight is 309 g/mol. The van der Waals surface area contributed by atoms with Crippen molar-refractivity contribution in [3.05, 3.63) is 22.7 Å². The molecule has 3 rings (SSSR count). The van der Waals surface area contributed by atoms with Gasteiger partial charge in [-0.15, -0.1) is 0 Å². The van der Waals surface area contributed by atoms with E-state index in [1.807, 2.05) is 12.1 Å². The minimum atomic E-state index is 0.433. The topological polar surface area (TPSA) is 47.1 Å². The molecular weight excluding hydrogens is 292 g/mol. The van der Waals surface area contributed by atoms with E-state index in [-0.39, 0.29) is 0 Å². The third-order valence-electron chi connectivity index (χ3n) is 3.64. The van der Waals surface area contributed by atoms with Crippen LogP contribution in [0.25, 0.3) is 11.0 Å². The first-order chi connectivity index (χ1) is 8.65. The van der Waals surface area contributed by atoms with Crippen molar-refractivity contribution in [2.75, 3.05) is 25.9 Å². The van der Waals surface area contributed by atoms with Crippen LogP contribution < -0.4 is 5.73 Å². The van der Waals surface area contributed by atoms with E-state index < -0.39 is 0 Å². The highest BCUT2D eigenvalue weighted by molar-refractivity contribution is 9.10. The molecule has 0 aliphatic carbocycles. The van der Waals surface area contributed by atoms with E-state index in [9.17, 15) is 0 Å². The molecule has 1 aliphatic rings. The van der Waals surface area contributed by atoms with E-state index in [0.29, 0.717) is 12.0 Å². The van der Waals surface area contributed by atoms with Gasteiger partial charge in [0.25, 0.3) is 0 Å². The molecule has 1 fully saturated rings. The quantitative estimate of drug-likeness (QED) is 0.881. The molecule has 1 aromatic heterocycles. The zero-order chi connectivity index (χ0) is 12.7. The molecule has 4 nitrogen and oxygen atoms in total. The maximum atomic E-state index is 6.10. The second-order valence-electron chi connectivity index (χ2n) is 5.03. The van der Waals surface area contributed by atoms with Gasteiger partial charge in [-0.2, -0.15) is 0 Å². The Hall–Kier alpha value is -1.07. The van der Waals surface area contributed by atoms with Gasteiger partial charge in [-0.25, -0.2) is 4.98 Å². The Bertz CT molecular complexity index is 578. The highest BCUT2D eigenvalue weighted by Crippen LogP contribution is 2.30. The maximum absolute atomic E-state index is 6.10. The van der Waals surface area contributed by atoms with Crippen LogP contribution in [0.4, 0.5) is 5.95 Å². The molecule has 2 N–H and O–H groups in total. The molecule has 0 saturated carbocycles. The van der Waals surface area contributed by atoms with Crippen molar-refractivity contribution in [3.63, 3.8) is 0 Å². The smallest absolute Gasteiger partial charge is 0.201 e. The van der Waals surface area contributed by atoms with Crippen molar-refractivity contribution in [2.24, 2.45) is 0 Å². The number of rotatable bonds is 1. The monoisotopic (exact) mass is 308 g/mol. The summed E-state index contributed by atoms with van der Waals surface area (Å²) >= 11 is 3.52. The van der Waals surface area contributed by atoms with E-state index in [2.05, 4.69) is 43.5 Å². The molecule has 0 radical (unpaired) electrons. The third kappa shape index (κ3) is 2.01. The van der Waals surface area contributed by atoms with E-state index in [0.717, 1.165) is 22.1 Å². The molecule has 0 bridgehead atoms. The molecular formula is C13H17BrN4. The first kappa shape index (κ1) is 12.0. The van der Waals surface area contributed by atoms with Gasteiger partial charge < -0.3 is 15.2 Å². The molecule has 2 heterocycles. The lowest BCUT2D eigenvalue weighted by atomic mass is 10.1. The van der Waals surface area contributed by atoms with Crippen LogP contribution in [0.3, 0.4) is 0 Å². The average Bonchev–Trinajstić information content (AvgIpc) is 2.64. The van der Waals surface area contributed by atoms with E-state index in [1.165, 1.54) is 19.4 Å². The van der Waals surface area contributed by atoms with Crippen LogP contribution in [-0.4, -0.2) is 34.6 Å². The summed E-state index contributed by atoms with van der Waals surface area (Å²) in [5.74, 6) is 0.628. The number of nitrogens with zero attached hydrogens (tertiary/aromatic N) is 3. The summed E-state index contributed by atoms with van der Waals surface area (Å²) in [6, 6.07) is 6.56. The number of nitrogens with two attached hydrogens (primary N) is 1. The lowest BCUT2D eigenvalue weighted by Crippen LogP contribution is -2.33. The van der Waals surface area contributed by atoms with Gasteiger partial charge >= 0.3 is 0 Å². The summed E-state index contributed by atoms with van der Waals surface area (Å²) in [5, 5.41) is 0. The number of piperidine rings is 1. The Morgan fingerprint density at radius 1 is 1.44 bits per heavy atom. The molecule has 1 aromatic carbocycles. The molecule has 2 aromatic rings. The Morgan fingerprint density at radius 3 is 3.06 bits per heavy atom. The second-order valence-corrected chi connectivity index (χ2v) is 5.95. The van der Waals surface area contributed by atoms with Crippen LogP contribution in [0.15, 0.2) is 22.7 Å². The lowest BCUT2D eigenvalue weighted by Gasteiger charge is -2.31. The van der Waals surface area contributed by atoms with Gasteiger partial charge in [0, 0.05) is 17.1 Å². The number of anilines is 1. The Labute approximate surface area is 115 Å². The third-order valence-corrected chi connectivity index (χ3v) is 4.14. The molecule has 0 spiro atoms. The van der Waals surface area contributed by atoms with Gasteiger partial charge in [0.15, 0.2) is 0 Å². The zero-order valence-electron chi connectivity index (χ0n) is 10.4. The second kappa shape index (κ2) is 4.55. The summed E-state index contributed by atoms with van der Waals surface area (Å²) in [6.45, 7) is 2.22. The van der Waals surface area contributed by atoms with Gasteiger partial charge in [0.05, 0.1) is 11.0 Å². The minimum Gasteiger partial charge on any atom is -0.369 e. The Morgan fingerprint density at radius 2 is 2.28 bits per heavy atom. The molecule has 1 unspecified atom stereocenters. The van der Waals surface area contributed by atoms with E-state index >= 15 is 0 Å². The summed E-state index contributed by atoms with van der Waals surface area (Å²) in [5.41, 5.74) is 8.20. The molecule has 0 amide bonds. The largest absolute Gasteiger partial charge is 0.369 e. The summed E-state index contributed by atoms with van der Waals surface area (Å²) in [7, 11) is 2.16. The first-order valence-corrected chi connectivity index (χ1v) is 7.06. The van der Waals surface area contributed by atoms with E-state index in [1.54, 1.807) is 0 Å². The Kier molecular flexibility index (Phi) is 3.03. The predicted molar refractivity (Wildman–Crippen MR) is 77.6 cm³/mol. The molecule has 96 valence electrons. The summed E-state index contributed by atoms with van der Waals surface area (Å²) < 4.78 is 3.26. The normalized spacial score (nSPS) is 21.6. The maximum Gasteiger partial charge on any atom is 0.201 e. The number of likely N-dealkylation sites (N-methyl/N-ethyl adjacent to an activating group) is 1. The van der Waals surface area contributed by atoms with Crippen molar-refractivity contribution in [1.29, 1.82) is 0 Å². The fourth-order valence-electron chi connectivity index (χ4n) is 2.82. The van der Waals surface area contributed by atoms with Gasteiger partial charge in [0.1, 0.15) is 0 Å². The number of aromatic nitrogens is 2. The number of likely N-dealkylation sites (tertiary alicyclic amines) is 1. The standard InChI is InChI=1S/C13H17BrN4/c1-17-6-2-3-10(8-17)18-12-7-9(14)4-5-11(12)16-13(18)15/h4-5,7,10H,2-3,6,8H2,1H3,(H2,15,16). The van der Waals surface area contributed by atoms with Crippen LogP contribution in [0.5, 0.6) is 0 Å². The predicted octanol–water partition coefficient (Wildman–Crippen LogP) is 2.65. The highest BCUT2D eigenvalue weighted by atomic mass is 79.9. The summed E-state index contributed by atoms with van der Waals surface area (Å²) in [6.07, 6.45) is 2.39. The minimum absolute atomic E-state index is 0.433. The van der Waals surface area contributed by atoms with Crippen molar-refractivity contribution in [3.8, 4) is 0 Å².